The first kappa shape index (κ1) is 9.96. The zero-order valence-electron chi connectivity index (χ0n) is 9.56. The smallest absolute Gasteiger partial charge is 0.230 e. The highest BCUT2D eigenvalue weighted by atomic mass is 16.5. The van der Waals surface area contributed by atoms with E-state index in [9.17, 15) is 0 Å². The maximum absolute atomic E-state index is 5.44. The normalized spacial score (nSPS) is 10.9. The van der Waals surface area contributed by atoms with Gasteiger partial charge in [-0.1, -0.05) is 0 Å². The standard InChI is InChI=1S/C13H11NO3/c1-15-8-3-4-11-10(7-8)12(16-2)9-5-6-17-13(9)14-11/h3-7H,1-2H3. The Balaban J connectivity index is 2.46. The number of furan rings is 1. The minimum absolute atomic E-state index is 0.583. The molecule has 0 aliphatic carbocycles. The molecule has 0 aliphatic rings. The maximum atomic E-state index is 5.44. The van der Waals surface area contributed by atoms with Crippen molar-refractivity contribution in [3.8, 4) is 11.5 Å². The molecular weight excluding hydrogens is 218 g/mol. The highest BCUT2D eigenvalue weighted by Crippen LogP contribution is 2.34. The Morgan fingerprint density at radius 3 is 2.71 bits per heavy atom. The van der Waals surface area contributed by atoms with Crippen LogP contribution in [0.25, 0.3) is 22.0 Å². The summed E-state index contributed by atoms with van der Waals surface area (Å²) in [4.78, 5) is 4.42. The van der Waals surface area contributed by atoms with Crippen molar-refractivity contribution in [2.75, 3.05) is 14.2 Å². The Kier molecular flexibility index (Phi) is 2.14. The number of hydrogen-bond acceptors (Lipinski definition) is 4. The predicted octanol–water partition coefficient (Wildman–Crippen LogP) is 3.00. The summed E-state index contributed by atoms with van der Waals surface area (Å²) in [6.45, 7) is 0. The van der Waals surface area contributed by atoms with Crippen LogP contribution in [0.2, 0.25) is 0 Å². The predicted molar refractivity (Wildman–Crippen MR) is 64.6 cm³/mol. The number of benzene rings is 1. The number of ether oxygens (including phenoxy) is 2. The van der Waals surface area contributed by atoms with E-state index in [-0.39, 0.29) is 0 Å². The quantitative estimate of drug-likeness (QED) is 0.677. The zero-order chi connectivity index (χ0) is 11.8. The van der Waals surface area contributed by atoms with Gasteiger partial charge in [0.15, 0.2) is 0 Å². The molecule has 2 aromatic heterocycles. The Bertz CT molecular complexity index is 688. The SMILES string of the molecule is COc1ccc2nc3occc3c(OC)c2c1. The highest BCUT2D eigenvalue weighted by Gasteiger charge is 2.12. The lowest BCUT2D eigenvalue weighted by Gasteiger charge is -2.07. The molecule has 4 nitrogen and oxygen atoms in total. The summed E-state index contributed by atoms with van der Waals surface area (Å²) in [6.07, 6.45) is 1.61. The molecule has 0 saturated carbocycles. The van der Waals surface area contributed by atoms with E-state index in [0.717, 1.165) is 27.8 Å². The van der Waals surface area contributed by atoms with Gasteiger partial charge in [0.1, 0.15) is 11.5 Å². The van der Waals surface area contributed by atoms with Gasteiger partial charge in [0.2, 0.25) is 5.71 Å². The number of aromatic nitrogens is 1. The van der Waals surface area contributed by atoms with Crippen molar-refractivity contribution in [3.63, 3.8) is 0 Å². The van der Waals surface area contributed by atoms with Gasteiger partial charge >= 0.3 is 0 Å². The van der Waals surface area contributed by atoms with Crippen LogP contribution in [-0.2, 0) is 0 Å². The molecular formula is C13H11NO3. The second-order valence-electron chi connectivity index (χ2n) is 3.67. The van der Waals surface area contributed by atoms with Gasteiger partial charge in [-0.2, -0.15) is 0 Å². The lowest BCUT2D eigenvalue weighted by atomic mass is 10.1. The molecule has 3 aromatic rings. The maximum Gasteiger partial charge on any atom is 0.230 e. The minimum Gasteiger partial charge on any atom is -0.497 e. The number of nitrogens with zero attached hydrogens (tertiary/aromatic N) is 1. The third kappa shape index (κ3) is 1.41. The third-order valence-electron chi connectivity index (χ3n) is 2.76. The molecule has 17 heavy (non-hydrogen) atoms. The molecule has 86 valence electrons. The Morgan fingerprint density at radius 1 is 1.06 bits per heavy atom. The molecule has 0 radical (unpaired) electrons. The van der Waals surface area contributed by atoms with Gasteiger partial charge in [0.05, 0.1) is 31.4 Å². The van der Waals surface area contributed by atoms with Crippen molar-refractivity contribution in [1.29, 1.82) is 0 Å². The van der Waals surface area contributed by atoms with Crippen LogP contribution in [-0.4, -0.2) is 19.2 Å². The van der Waals surface area contributed by atoms with Gasteiger partial charge < -0.3 is 13.9 Å². The Morgan fingerprint density at radius 2 is 1.94 bits per heavy atom. The summed E-state index contributed by atoms with van der Waals surface area (Å²) in [5.41, 5.74) is 1.41. The van der Waals surface area contributed by atoms with Gasteiger partial charge in [0.25, 0.3) is 0 Å². The summed E-state index contributed by atoms with van der Waals surface area (Å²) < 4.78 is 16.0. The molecule has 0 N–H and O–H groups in total. The van der Waals surface area contributed by atoms with Crippen LogP contribution in [0.1, 0.15) is 0 Å². The second kappa shape index (κ2) is 3.66. The molecule has 0 bridgehead atoms. The first-order valence-corrected chi connectivity index (χ1v) is 5.22. The topological polar surface area (TPSA) is 44.5 Å². The summed E-state index contributed by atoms with van der Waals surface area (Å²) in [5, 5.41) is 1.79. The van der Waals surface area contributed by atoms with Crippen LogP contribution >= 0.6 is 0 Å². The van der Waals surface area contributed by atoms with Gasteiger partial charge in [-0.3, -0.25) is 0 Å². The largest absolute Gasteiger partial charge is 0.497 e. The fraction of sp³-hybridized carbons (Fsp3) is 0.154. The molecule has 2 heterocycles. The molecule has 0 amide bonds. The second-order valence-corrected chi connectivity index (χ2v) is 3.67. The van der Waals surface area contributed by atoms with Gasteiger partial charge in [-0.25, -0.2) is 4.98 Å². The van der Waals surface area contributed by atoms with Crippen LogP contribution in [0.3, 0.4) is 0 Å². The van der Waals surface area contributed by atoms with E-state index in [0.29, 0.717) is 5.71 Å². The average Bonchev–Trinajstić information content (AvgIpc) is 2.82. The van der Waals surface area contributed by atoms with E-state index < -0.39 is 0 Å². The molecule has 0 spiro atoms. The van der Waals surface area contributed by atoms with Crippen molar-refractivity contribution >= 4 is 22.0 Å². The van der Waals surface area contributed by atoms with Crippen LogP contribution in [0.5, 0.6) is 11.5 Å². The molecule has 0 saturated heterocycles. The molecule has 0 atom stereocenters. The van der Waals surface area contributed by atoms with Crippen molar-refractivity contribution in [2.24, 2.45) is 0 Å². The van der Waals surface area contributed by atoms with E-state index in [1.807, 2.05) is 24.3 Å². The fourth-order valence-corrected chi connectivity index (χ4v) is 1.96. The molecule has 0 unspecified atom stereocenters. The van der Waals surface area contributed by atoms with Crippen LogP contribution in [0.15, 0.2) is 34.9 Å². The number of methoxy groups -OCH3 is 2. The van der Waals surface area contributed by atoms with E-state index in [4.69, 9.17) is 13.9 Å². The summed E-state index contributed by atoms with van der Waals surface area (Å²) in [6, 6.07) is 7.51. The van der Waals surface area contributed by atoms with E-state index in [1.165, 1.54) is 0 Å². The summed E-state index contributed by atoms with van der Waals surface area (Å²) >= 11 is 0. The summed E-state index contributed by atoms with van der Waals surface area (Å²) in [5.74, 6) is 1.54. The first-order chi connectivity index (χ1) is 8.33. The number of fused-ring (bicyclic) bond motifs is 2. The Labute approximate surface area is 97.8 Å². The molecule has 0 fully saturated rings. The van der Waals surface area contributed by atoms with Gasteiger partial charge in [-0.15, -0.1) is 0 Å². The highest BCUT2D eigenvalue weighted by molar-refractivity contribution is 5.99. The van der Waals surface area contributed by atoms with Crippen molar-refractivity contribution < 1.29 is 13.9 Å². The summed E-state index contributed by atoms with van der Waals surface area (Å²) in [7, 11) is 3.28. The number of hydrogen-bond donors (Lipinski definition) is 0. The fourth-order valence-electron chi connectivity index (χ4n) is 1.96. The lowest BCUT2D eigenvalue weighted by molar-refractivity contribution is 0.413. The van der Waals surface area contributed by atoms with E-state index >= 15 is 0 Å². The van der Waals surface area contributed by atoms with Crippen molar-refractivity contribution in [1.82, 2.24) is 4.98 Å². The molecule has 0 aliphatic heterocycles. The van der Waals surface area contributed by atoms with Crippen molar-refractivity contribution in [3.05, 3.63) is 30.5 Å². The molecule has 4 heteroatoms. The van der Waals surface area contributed by atoms with Gasteiger partial charge in [-0.05, 0) is 24.3 Å². The van der Waals surface area contributed by atoms with Crippen LogP contribution in [0, 0.1) is 0 Å². The van der Waals surface area contributed by atoms with Crippen LogP contribution in [0.4, 0.5) is 0 Å². The van der Waals surface area contributed by atoms with Crippen molar-refractivity contribution in [2.45, 2.75) is 0 Å². The molecule has 3 rings (SSSR count). The van der Waals surface area contributed by atoms with E-state index in [2.05, 4.69) is 4.98 Å². The van der Waals surface area contributed by atoms with Gasteiger partial charge in [0, 0.05) is 5.39 Å². The average molecular weight is 229 g/mol. The monoisotopic (exact) mass is 229 g/mol. The first-order valence-electron chi connectivity index (χ1n) is 5.22. The van der Waals surface area contributed by atoms with Crippen LogP contribution < -0.4 is 9.47 Å². The number of rotatable bonds is 2. The zero-order valence-corrected chi connectivity index (χ0v) is 9.56. The Hall–Kier alpha value is -2.23. The lowest BCUT2D eigenvalue weighted by Crippen LogP contribution is -1.90. The molecule has 1 aromatic carbocycles. The minimum atomic E-state index is 0.583. The third-order valence-corrected chi connectivity index (χ3v) is 2.76. The number of pyridine rings is 1. The van der Waals surface area contributed by atoms with E-state index in [1.54, 1.807) is 20.5 Å².